The number of nitrogens with two attached hydrogens (primary N) is 1. The van der Waals surface area contributed by atoms with E-state index in [0.717, 1.165) is 33.7 Å². The first-order chi connectivity index (χ1) is 21.5. The third-order valence-electron chi connectivity index (χ3n) is 7.78. The molecule has 0 unspecified atom stereocenters. The van der Waals surface area contributed by atoms with Crippen molar-refractivity contribution in [1.82, 2.24) is 14.8 Å². The average molecular weight is 589 g/mol. The molecule has 44 heavy (non-hydrogen) atoms. The van der Waals surface area contributed by atoms with Crippen LogP contribution < -0.4 is 30.6 Å². The number of fused-ring (bicyclic) bond motifs is 4. The molecule has 1 aliphatic carbocycles. The molecule has 2 amide bonds. The molecule has 0 radical (unpaired) electrons. The minimum Gasteiger partial charge on any atom is -0.496 e. The molecule has 0 fully saturated rings. The molecular formula is C33H28N6O5. The molecule has 0 saturated heterocycles. The first-order valence-electron chi connectivity index (χ1n) is 14.1. The molecule has 220 valence electrons. The number of carbonyl (C=O) groups is 2. The second kappa shape index (κ2) is 11.1. The number of carbonyl (C=O) groups excluding carboxylic acids is 2. The zero-order valence-electron chi connectivity index (χ0n) is 23.8. The number of benzene rings is 3. The van der Waals surface area contributed by atoms with E-state index in [-0.39, 0.29) is 18.4 Å². The largest absolute Gasteiger partial charge is 0.496 e. The number of amides is 2. The number of ether oxygens (including phenoxy) is 3. The van der Waals surface area contributed by atoms with Crippen molar-refractivity contribution in [3.63, 3.8) is 0 Å². The van der Waals surface area contributed by atoms with Gasteiger partial charge in [0.15, 0.2) is 17.2 Å². The van der Waals surface area contributed by atoms with Crippen LogP contribution in [0.5, 0.6) is 17.2 Å². The molecule has 2 aliphatic rings. The summed E-state index contributed by atoms with van der Waals surface area (Å²) in [6.07, 6.45) is 2.94. The maximum Gasteiger partial charge on any atom is 0.269 e. The highest BCUT2D eigenvalue weighted by Gasteiger charge is 2.29. The molecule has 0 bridgehead atoms. The fourth-order valence-corrected chi connectivity index (χ4v) is 5.67. The second-order valence-electron chi connectivity index (χ2n) is 10.4. The highest BCUT2D eigenvalue weighted by atomic mass is 16.7. The third kappa shape index (κ3) is 4.83. The Balaban J connectivity index is 1.20. The van der Waals surface area contributed by atoms with Gasteiger partial charge in [-0.1, -0.05) is 24.3 Å². The number of methoxy groups -OCH3 is 1. The topological polar surface area (TPSA) is 143 Å². The smallest absolute Gasteiger partial charge is 0.269 e. The van der Waals surface area contributed by atoms with E-state index < -0.39 is 5.91 Å². The molecule has 3 heterocycles. The molecule has 1 aliphatic heterocycles. The van der Waals surface area contributed by atoms with E-state index in [1.54, 1.807) is 30.1 Å². The average Bonchev–Trinajstić information content (AvgIpc) is 3.69. The summed E-state index contributed by atoms with van der Waals surface area (Å²) >= 11 is 0. The number of para-hydroxylation sites is 1. The van der Waals surface area contributed by atoms with Crippen LogP contribution in [-0.4, -0.2) is 40.5 Å². The number of rotatable bonds is 8. The zero-order chi connectivity index (χ0) is 30.2. The molecule has 0 atom stereocenters. The highest BCUT2D eigenvalue weighted by Crippen LogP contribution is 2.40. The summed E-state index contributed by atoms with van der Waals surface area (Å²) in [4.78, 5) is 30.4. The van der Waals surface area contributed by atoms with Crippen molar-refractivity contribution in [2.24, 2.45) is 5.73 Å². The summed E-state index contributed by atoms with van der Waals surface area (Å²) in [5.41, 5.74) is 12.0. The maximum atomic E-state index is 13.6. The summed E-state index contributed by atoms with van der Waals surface area (Å²) in [6.45, 7) is 0.567. The lowest BCUT2D eigenvalue weighted by atomic mass is 9.88. The Morgan fingerprint density at radius 2 is 1.86 bits per heavy atom. The summed E-state index contributed by atoms with van der Waals surface area (Å²) in [7, 11) is 1.62. The predicted octanol–water partition coefficient (Wildman–Crippen LogP) is 4.73. The molecule has 5 aromatic rings. The SMILES string of the molecule is COc1ccccc1CNc1ncccc1C(=O)Nc1ccc2c(c1)-c1c(c(C(N)=O)nn1-c1ccc3c(c1)OCO3)CC2. The maximum absolute atomic E-state index is 13.6. The molecular weight excluding hydrogens is 560 g/mol. The molecule has 11 nitrogen and oxygen atoms in total. The molecule has 0 saturated carbocycles. The quantitative estimate of drug-likeness (QED) is 0.236. The highest BCUT2D eigenvalue weighted by molar-refractivity contribution is 6.07. The van der Waals surface area contributed by atoms with Gasteiger partial charge in [0.1, 0.15) is 11.6 Å². The molecule has 7 rings (SSSR count). The van der Waals surface area contributed by atoms with Crippen molar-refractivity contribution in [2.45, 2.75) is 19.4 Å². The van der Waals surface area contributed by atoms with Gasteiger partial charge in [-0.15, -0.1) is 0 Å². The van der Waals surface area contributed by atoms with Gasteiger partial charge in [0.25, 0.3) is 11.8 Å². The van der Waals surface area contributed by atoms with Crippen molar-refractivity contribution in [3.8, 4) is 34.2 Å². The van der Waals surface area contributed by atoms with Crippen LogP contribution in [0.25, 0.3) is 16.9 Å². The Morgan fingerprint density at radius 3 is 2.73 bits per heavy atom. The molecule has 3 aromatic carbocycles. The predicted molar refractivity (Wildman–Crippen MR) is 164 cm³/mol. The summed E-state index contributed by atoms with van der Waals surface area (Å²) < 4.78 is 18.2. The first-order valence-corrected chi connectivity index (χ1v) is 14.1. The van der Waals surface area contributed by atoms with Crippen LogP contribution >= 0.6 is 0 Å². The van der Waals surface area contributed by atoms with E-state index in [9.17, 15) is 9.59 Å². The number of nitrogens with zero attached hydrogens (tertiary/aromatic N) is 3. The fourth-order valence-electron chi connectivity index (χ4n) is 5.67. The number of nitrogens with one attached hydrogen (secondary N) is 2. The van der Waals surface area contributed by atoms with E-state index in [1.165, 1.54) is 0 Å². The van der Waals surface area contributed by atoms with E-state index in [0.29, 0.717) is 53.6 Å². The van der Waals surface area contributed by atoms with Crippen molar-refractivity contribution >= 4 is 23.3 Å². The van der Waals surface area contributed by atoms with Gasteiger partial charge in [-0.05, 0) is 60.9 Å². The summed E-state index contributed by atoms with van der Waals surface area (Å²) in [5.74, 6) is 1.51. The van der Waals surface area contributed by atoms with Gasteiger partial charge in [-0.3, -0.25) is 9.59 Å². The number of aromatic nitrogens is 3. The van der Waals surface area contributed by atoms with Gasteiger partial charge >= 0.3 is 0 Å². The van der Waals surface area contributed by atoms with Crippen LogP contribution in [0.4, 0.5) is 11.5 Å². The number of aryl methyl sites for hydroxylation is 1. The lowest BCUT2D eigenvalue weighted by Gasteiger charge is -2.20. The minimum atomic E-state index is -0.599. The number of pyridine rings is 1. The molecule has 11 heteroatoms. The lowest BCUT2D eigenvalue weighted by Crippen LogP contribution is -2.17. The Morgan fingerprint density at radius 1 is 1.00 bits per heavy atom. The molecule has 2 aromatic heterocycles. The third-order valence-corrected chi connectivity index (χ3v) is 7.78. The Kier molecular flexibility index (Phi) is 6.82. The van der Waals surface area contributed by atoms with Gasteiger partial charge in [-0.25, -0.2) is 9.67 Å². The van der Waals surface area contributed by atoms with Crippen LogP contribution in [0.3, 0.4) is 0 Å². The molecule has 0 spiro atoms. The van der Waals surface area contributed by atoms with E-state index >= 15 is 0 Å². The van der Waals surface area contributed by atoms with Gasteiger partial charge in [0.2, 0.25) is 6.79 Å². The van der Waals surface area contributed by atoms with Crippen LogP contribution in [0.2, 0.25) is 0 Å². The van der Waals surface area contributed by atoms with Crippen molar-refractivity contribution in [1.29, 1.82) is 0 Å². The number of hydrogen-bond acceptors (Lipinski definition) is 8. The first kappa shape index (κ1) is 27.0. The monoisotopic (exact) mass is 588 g/mol. The second-order valence-corrected chi connectivity index (χ2v) is 10.4. The van der Waals surface area contributed by atoms with Crippen LogP contribution in [0.1, 0.15) is 37.5 Å². The Bertz CT molecular complexity index is 1930. The number of anilines is 2. The standard InChI is InChI=1S/C33H28N6O5/c1-42-26-7-3-2-5-20(26)17-36-32-24(6-4-14-35-32)33(41)37-21-10-8-19-9-12-23-29(31(34)40)38-39(30(23)25(19)15-21)22-11-13-27-28(16-22)44-18-43-27/h2-8,10-11,13-16H,9,12,17-18H2,1H3,(H2,34,40)(H,35,36)(H,37,41). The van der Waals surface area contributed by atoms with Gasteiger partial charge in [0, 0.05) is 41.2 Å². The zero-order valence-corrected chi connectivity index (χ0v) is 23.8. The number of primary amides is 1. The van der Waals surface area contributed by atoms with Gasteiger partial charge < -0.3 is 30.6 Å². The Labute approximate surface area is 252 Å². The Hall–Kier alpha value is -5.84. The van der Waals surface area contributed by atoms with Crippen molar-refractivity contribution in [2.75, 3.05) is 24.5 Å². The summed E-state index contributed by atoms with van der Waals surface area (Å²) in [5, 5.41) is 10.9. The van der Waals surface area contributed by atoms with Crippen molar-refractivity contribution < 1.29 is 23.8 Å². The molecule has 4 N–H and O–H groups in total. The van der Waals surface area contributed by atoms with Crippen LogP contribution in [0.15, 0.2) is 79.0 Å². The van der Waals surface area contributed by atoms with E-state index in [2.05, 4.69) is 20.7 Å². The van der Waals surface area contributed by atoms with E-state index in [4.69, 9.17) is 19.9 Å². The normalized spacial score (nSPS) is 12.7. The summed E-state index contributed by atoms with van der Waals surface area (Å²) in [6, 6.07) is 22.4. The van der Waals surface area contributed by atoms with Gasteiger partial charge in [0.05, 0.1) is 24.1 Å². The van der Waals surface area contributed by atoms with E-state index in [1.807, 2.05) is 60.7 Å². The number of hydrogen-bond donors (Lipinski definition) is 3. The van der Waals surface area contributed by atoms with Crippen LogP contribution in [-0.2, 0) is 19.4 Å². The minimum absolute atomic E-state index is 0.142. The van der Waals surface area contributed by atoms with Crippen LogP contribution in [0, 0.1) is 0 Å². The fraction of sp³-hybridized carbons (Fsp3) is 0.152. The lowest BCUT2D eigenvalue weighted by molar-refractivity contribution is 0.0992. The van der Waals surface area contributed by atoms with Crippen molar-refractivity contribution in [3.05, 3.63) is 107 Å². The van der Waals surface area contributed by atoms with Gasteiger partial charge in [-0.2, -0.15) is 5.10 Å².